The third-order valence-corrected chi connectivity index (χ3v) is 3.51. The molecule has 1 aromatic heterocycles. The molecule has 2 nitrogen and oxygen atoms in total. The Kier molecular flexibility index (Phi) is 4.21. The Hall–Kier alpha value is 0.100. The van der Waals surface area contributed by atoms with E-state index in [1.807, 2.05) is 18.4 Å². The molecule has 0 aliphatic heterocycles. The van der Waals surface area contributed by atoms with E-state index in [0.717, 1.165) is 15.9 Å². The molecule has 0 radical (unpaired) electrons. The highest BCUT2D eigenvalue weighted by atomic mass is 79.9. The highest BCUT2D eigenvalue weighted by Gasteiger charge is 2.11. The van der Waals surface area contributed by atoms with E-state index >= 15 is 0 Å². The molecule has 0 spiro atoms. The Morgan fingerprint density at radius 1 is 1.75 bits per heavy atom. The third-order valence-electron chi connectivity index (χ3n) is 1.54. The van der Waals surface area contributed by atoms with Gasteiger partial charge in [-0.15, -0.1) is 11.3 Å². The van der Waals surface area contributed by atoms with Gasteiger partial charge in [-0.3, -0.25) is 0 Å². The Labute approximate surface area is 84.7 Å². The summed E-state index contributed by atoms with van der Waals surface area (Å²) in [6.07, 6.45) is -0.390. The number of hydrogen-bond donors (Lipinski definition) is 2. The van der Waals surface area contributed by atoms with Gasteiger partial charge in [-0.2, -0.15) is 0 Å². The predicted molar refractivity (Wildman–Crippen MR) is 55.5 cm³/mol. The monoisotopic (exact) mass is 249 g/mol. The van der Waals surface area contributed by atoms with Crippen LogP contribution >= 0.6 is 27.3 Å². The summed E-state index contributed by atoms with van der Waals surface area (Å²) in [6, 6.07) is 1.95. The van der Waals surface area contributed by atoms with Crippen LogP contribution in [0.25, 0.3) is 0 Å². The van der Waals surface area contributed by atoms with Crippen LogP contribution in [0.2, 0.25) is 0 Å². The van der Waals surface area contributed by atoms with Gasteiger partial charge < -0.3 is 10.4 Å². The first-order valence-corrected chi connectivity index (χ1v) is 5.54. The zero-order valence-electron chi connectivity index (χ0n) is 6.88. The number of hydrogen-bond acceptors (Lipinski definition) is 3. The first-order valence-electron chi connectivity index (χ1n) is 3.87. The maximum absolute atomic E-state index is 9.64. The van der Waals surface area contributed by atoms with E-state index in [4.69, 9.17) is 0 Å². The molecular weight excluding hydrogens is 238 g/mol. The van der Waals surface area contributed by atoms with Crippen LogP contribution in [0.4, 0.5) is 0 Å². The van der Waals surface area contributed by atoms with Gasteiger partial charge in [0.25, 0.3) is 0 Å². The van der Waals surface area contributed by atoms with Crippen LogP contribution in [-0.4, -0.2) is 18.2 Å². The van der Waals surface area contributed by atoms with E-state index < -0.39 is 0 Å². The minimum Gasteiger partial charge on any atom is -0.386 e. The Bertz CT molecular complexity index is 239. The van der Waals surface area contributed by atoms with Crippen molar-refractivity contribution in [1.82, 2.24) is 5.32 Å². The molecule has 1 unspecified atom stereocenters. The van der Waals surface area contributed by atoms with Crippen LogP contribution in [0.1, 0.15) is 17.9 Å². The number of nitrogens with one attached hydrogen (secondary N) is 1. The molecule has 0 saturated heterocycles. The van der Waals surface area contributed by atoms with E-state index in [1.165, 1.54) is 0 Å². The summed E-state index contributed by atoms with van der Waals surface area (Å²) < 4.78 is 0.998. The maximum Gasteiger partial charge on any atom is 0.102 e. The topological polar surface area (TPSA) is 32.3 Å². The third kappa shape index (κ3) is 2.55. The molecule has 0 aliphatic rings. The van der Waals surface area contributed by atoms with Crippen molar-refractivity contribution >= 4 is 27.3 Å². The zero-order valence-corrected chi connectivity index (χ0v) is 9.28. The quantitative estimate of drug-likeness (QED) is 0.858. The summed E-state index contributed by atoms with van der Waals surface area (Å²) >= 11 is 4.95. The van der Waals surface area contributed by atoms with Crippen LogP contribution < -0.4 is 5.32 Å². The fourth-order valence-electron chi connectivity index (χ4n) is 0.917. The van der Waals surface area contributed by atoms with Gasteiger partial charge in [0.15, 0.2) is 0 Å². The highest BCUT2D eigenvalue weighted by Crippen LogP contribution is 2.28. The van der Waals surface area contributed by atoms with Crippen LogP contribution in [0.15, 0.2) is 15.9 Å². The lowest BCUT2D eigenvalue weighted by molar-refractivity contribution is 0.178. The maximum atomic E-state index is 9.64. The number of likely N-dealkylation sites (N-methyl/N-ethyl adjacent to an activating group) is 1. The standard InChI is InChI=1S/C8H12BrNOS/c1-2-10-5-7(11)8-6(9)3-4-12-8/h3-4,7,10-11H,2,5H2,1H3. The van der Waals surface area contributed by atoms with Gasteiger partial charge in [0, 0.05) is 15.9 Å². The minimum atomic E-state index is -0.390. The van der Waals surface area contributed by atoms with Gasteiger partial charge in [-0.25, -0.2) is 0 Å². The number of rotatable bonds is 4. The van der Waals surface area contributed by atoms with Gasteiger partial charge in [-0.1, -0.05) is 6.92 Å². The zero-order chi connectivity index (χ0) is 8.97. The van der Waals surface area contributed by atoms with Gasteiger partial charge in [0.05, 0.1) is 0 Å². The fraction of sp³-hybridized carbons (Fsp3) is 0.500. The second kappa shape index (κ2) is 4.97. The molecular formula is C8H12BrNOS. The second-order valence-electron chi connectivity index (χ2n) is 2.46. The summed E-state index contributed by atoms with van der Waals surface area (Å²) in [7, 11) is 0. The Balaban J connectivity index is 2.52. The van der Waals surface area contributed by atoms with E-state index in [1.54, 1.807) is 11.3 Å². The van der Waals surface area contributed by atoms with Crippen molar-refractivity contribution in [2.75, 3.05) is 13.1 Å². The largest absolute Gasteiger partial charge is 0.386 e. The molecule has 1 atom stereocenters. The van der Waals surface area contributed by atoms with Crippen molar-refractivity contribution in [1.29, 1.82) is 0 Å². The highest BCUT2D eigenvalue weighted by molar-refractivity contribution is 9.10. The number of aliphatic hydroxyl groups excluding tert-OH is 1. The average Bonchev–Trinajstić information content (AvgIpc) is 2.47. The lowest BCUT2D eigenvalue weighted by Gasteiger charge is -2.08. The molecule has 1 rings (SSSR count). The van der Waals surface area contributed by atoms with Crippen molar-refractivity contribution in [3.05, 3.63) is 20.8 Å². The van der Waals surface area contributed by atoms with E-state index in [2.05, 4.69) is 21.2 Å². The molecule has 12 heavy (non-hydrogen) atoms. The molecule has 0 fully saturated rings. The number of aliphatic hydroxyl groups is 1. The van der Waals surface area contributed by atoms with E-state index in [9.17, 15) is 5.11 Å². The lowest BCUT2D eigenvalue weighted by atomic mass is 10.3. The van der Waals surface area contributed by atoms with E-state index in [0.29, 0.717) is 6.54 Å². The Morgan fingerprint density at radius 3 is 3.00 bits per heavy atom. The van der Waals surface area contributed by atoms with Gasteiger partial charge in [0.2, 0.25) is 0 Å². The summed E-state index contributed by atoms with van der Waals surface area (Å²) in [5, 5.41) is 14.7. The SMILES string of the molecule is CCNCC(O)c1sccc1Br. The van der Waals surface area contributed by atoms with Crippen molar-refractivity contribution in [3.63, 3.8) is 0 Å². The van der Waals surface area contributed by atoms with Crippen LogP contribution in [-0.2, 0) is 0 Å². The molecule has 1 heterocycles. The molecule has 4 heteroatoms. The summed E-state index contributed by atoms with van der Waals surface area (Å²) in [6.45, 7) is 3.53. The number of halogens is 1. The lowest BCUT2D eigenvalue weighted by Crippen LogP contribution is -2.20. The van der Waals surface area contributed by atoms with E-state index in [-0.39, 0.29) is 6.10 Å². The van der Waals surface area contributed by atoms with Gasteiger partial charge in [-0.05, 0) is 33.9 Å². The van der Waals surface area contributed by atoms with Crippen molar-refractivity contribution in [2.45, 2.75) is 13.0 Å². The van der Waals surface area contributed by atoms with Crippen LogP contribution in [0.3, 0.4) is 0 Å². The molecule has 2 N–H and O–H groups in total. The van der Waals surface area contributed by atoms with Crippen LogP contribution in [0.5, 0.6) is 0 Å². The van der Waals surface area contributed by atoms with Crippen LogP contribution in [0, 0.1) is 0 Å². The first kappa shape index (κ1) is 10.2. The molecule has 0 aromatic carbocycles. The van der Waals surface area contributed by atoms with Crippen molar-refractivity contribution < 1.29 is 5.11 Å². The molecule has 1 aromatic rings. The summed E-state index contributed by atoms with van der Waals surface area (Å²) in [5.74, 6) is 0. The molecule has 0 saturated carbocycles. The smallest absolute Gasteiger partial charge is 0.102 e. The van der Waals surface area contributed by atoms with Gasteiger partial charge >= 0.3 is 0 Å². The molecule has 0 amide bonds. The number of thiophene rings is 1. The molecule has 0 bridgehead atoms. The van der Waals surface area contributed by atoms with Crippen molar-refractivity contribution in [3.8, 4) is 0 Å². The van der Waals surface area contributed by atoms with Crippen molar-refractivity contribution in [2.24, 2.45) is 0 Å². The average molecular weight is 250 g/mol. The van der Waals surface area contributed by atoms with Gasteiger partial charge in [0.1, 0.15) is 6.10 Å². The molecule has 0 aliphatic carbocycles. The summed E-state index contributed by atoms with van der Waals surface area (Å²) in [4.78, 5) is 0.996. The predicted octanol–water partition coefficient (Wildman–Crippen LogP) is 2.15. The second-order valence-corrected chi connectivity index (χ2v) is 4.26. The fourth-order valence-corrected chi connectivity index (χ4v) is 2.54. The minimum absolute atomic E-state index is 0.390. The first-order chi connectivity index (χ1) is 5.75. The Morgan fingerprint density at radius 2 is 2.50 bits per heavy atom. The normalized spacial score (nSPS) is 13.2. The summed E-state index contributed by atoms with van der Waals surface area (Å²) in [5.41, 5.74) is 0. The molecule has 68 valence electrons.